The van der Waals surface area contributed by atoms with Crippen LogP contribution >= 0.6 is 11.6 Å². The lowest BCUT2D eigenvalue weighted by molar-refractivity contribution is 0.598. The number of halogens is 1. The third kappa shape index (κ3) is 6.21. The summed E-state index contributed by atoms with van der Waals surface area (Å²) in [6, 6.07) is 14.8. The Morgan fingerprint density at radius 2 is 1.39 bits per heavy atom. The molecule has 170 valence electrons. The van der Waals surface area contributed by atoms with Crippen LogP contribution in [0.3, 0.4) is 0 Å². The Morgan fingerprint density at radius 3 is 1.84 bits per heavy atom. The molecule has 31 heavy (non-hydrogen) atoms. The van der Waals surface area contributed by atoms with Gasteiger partial charge in [-0.15, -0.1) is 4.40 Å². The molecule has 1 N–H and O–H groups in total. The lowest BCUT2D eigenvalue weighted by atomic mass is 10.2. The van der Waals surface area contributed by atoms with E-state index in [4.69, 9.17) is 11.6 Å². The van der Waals surface area contributed by atoms with Crippen LogP contribution in [0.15, 0.2) is 57.8 Å². The minimum atomic E-state index is -3.83. The van der Waals surface area contributed by atoms with Crippen LogP contribution in [0.5, 0.6) is 0 Å². The molecule has 0 aliphatic rings. The van der Waals surface area contributed by atoms with E-state index in [1.165, 1.54) is 0 Å². The maximum absolute atomic E-state index is 13.2. The van der Waals surface area contributed by atoms with Gasteiger partial charge in [-0.3, -0.25) is 0 Å². The third-order valence-electron chi connectivity index (χ3n) is 6.38. The first-order chi connectivity index (χ1) is 14.4. The number of benzene rings is 2. The monoisotopic (exact) mass is 478 g/mol. The van der Waals surface area contributed by atoms with E-state index in [9.17, 15) is 8.42 Å². The molecule has 0 radical (unpaired) electrons. The summed E-state index contributed by atoms with van der Waals surface area (Å²) in [7, 11) is -5.78. The van der Waals surface area contributed by atoms with E-state index in [1.54, 1.807) is 36.4 Å². The minimum Gasteiger partial charge on any atom is -0.343 e. The van der Waals surface area contributed by atoms with E-state index in [2.05, 4.69) is 51.3 Å². The summed E-state index contributed by atoms with van der Waals surface area (Å²) in [6.45, 7) is 15.5. The number of rotatable bonds is 8. The topological polar surface area (TPSA) is 58.5 Å². The number of nitrogens with one attached hydrogen (secondary N) is 1. The van der Waals surface area contributed by atoms with Crippen LogP contribution in [0.2, 0.25) is 27.7 Å². The second kappa shape index (κ2) is 10.3. The lowest BCUT2D eigenvalue weighted by Crippen LogP contribution is -2.47. The van der Waals surface area contributed by atoms with Crippen LogP contribution in [0.25, 0.3) is 0 Å². The molecule has 7 heteroatoms. The van der Waals surface area contributed by atoms with E-state index < -0.39 is 18.1 Å². The maximum atomic E-state index is 13.2. The molecule has 0 unspecified atom stereocenters. The third-order valence-corrected chi connectivity index (χ3v) is 15.4. The largest absolute Gasteiger partial charge is 0.343 e. The van der Waals surface area contributed by atoms with Gasteiger partial charge in [-0.05, 0) is 43.3 Å². The van der Waals surface area contributed by atoms with Crippen molar-refractivity contribution in [2.24, 2.45) is 4.40 Å². The molecule has 0 amide bonds. The van der Waals surface area contributed by atoms with Crippen molar-refractivity contribution in [2.45, 2.75) is 76.0 Å². The second-order valence-electron chi connectivity index (χ2n) is 9.21. The summed E-state index contributed by atoms with van der Waals surface area (Å²) in [4.78, 5) is 0.208. The minimum absolute atomic E-state index is 0.208. The van der Waals surface area contributed by atoms with Crippen LogP contribution in [0, 0.1) is 6.92 Å². The van der Waals surface area contributed by atoms with Gasteiger partial charge in [0.25, 0.3) is 10.0 Å². The van der Waals surface area contributed by atoms with Crippen molar-refractivity contribution >= 4 is 41.2 Å². The predicted octanol–water partition coefficient (Wildman–Crippen LogP) is 7.53. The Morgan fingerprint density at radius 1 is 0.903 bits per heavy atom. The first-order valence-electron chi connectivity index (χ1n) is 10.8. The Hall–Kier alpha value is -1.63. The van der Waals surface area contributed by atoms with Gasteiger partial charge in [0, 0.05) is 16.8 Å². The van der Waals surface area contributed by atoms with Gasteiger partial charge in [-0.25, -0.2) is 0 Å². The van der Waals surface area contributed by atoms with Crippen LogP contribution in [-0.4, -0.2) is 22.3 Å². The normalized spacial score (nSPS) is 13.3. The van der Waals surface area contributed by atoms with Crippen molar-refractivity contribution in [1.29, 1.82) is 0 Å². The predicted molar refractivity (Wildman–Crippen MR) is 137 cm³/mol. The molecule has 0 heterocycles. The Labute approximate surface area is 194 Å². The zero-order valence-corrected chi connectivity index (χ0v) is 22.2. The lowest BCUT2D eigenvalue weighted by Gasteiger charge is -2.43. The molecule has 0 saturated heterocycles. The average molecular weight is 479 g/mol. The van der Waals surface area contributed by atoms with E-state index in [1.807, 2.05) is 19.1 Å². The number of aryl methyl sites for hydroxylation is 1. The fourth-order valence-electron chi connectivity index (χ4n) is 4.61. The molecular formula is C24H35ClN2O2SSi. The molecule has 0 fully saturated rings. The van der Waals surface area contributed by atoms with E-state index in [0.717, 1.165) is 11.3 Å². The average Bonchev–Trinajstić information content (AvgIpc) is 2.67. The Balaban J connectivity index is 2.57. The molecular weight excluding hydrogens is 444 g/mol. The number of amidine groups is 1. The smallest absolute Gasteiger partial charge is 0.283 e. The molecule has 4 nitrogen and oxygen atoms in total. The maximum Gasteiger partial charge on any atom is 0.283 e. The molecule has 0 saturated carbocycles. The quantitative estimate of drug-likeness (QED) is 0.242. The van der Waals surface area contributed by atoms with Gasteiger partial charge in [0.05, 0.1) is 13.0 Å². The standard InChI is InChI=1S/C24H35ClN2O2SSi/c1-17(2)31(18(3)4,19(5)6)16-24(26-22-12-10-21(25)11-13-22)27-30(28,29)23-14-8-20(7)9-15-23/h8-15,17-19H,16H2,1-7H3,(H,26,27). The molecule has 0 atom stereocenters. The van der Waals surface area contributed by atoms with Crippen molar-refractivity contribution < 1.29 is 8.42 Å². The molecule has 2 rings (SSSR count). The second-order valence-corrected chi connectivity index (χ2v) is 17.3. The highest BCUT2D eigenvalue weighted by Gasteiger charge is 2.43. The van der Waals surface area contributed by atoms with Crippen LogP contribution < -0.4 is 5.32 Å². The Kier molecular flexibility index (Phi) is 8.53. The first kappa shape index (κ1) is 25.6. The van der Waals surface area contributed by atoms with Gasteiger partial charge < -0.3 is 5.32 Å². The van der Waals surface area contributed by atoms with Crippen molar-refractivity contribution in [3.8, 4) is 0 Å². The molecule has 0 aliphatic heterocycles. The summed E-state index contributed by atoms with van der Waals surface area (Å²) >= 11 is 6.03. The first-order valence-corrected chi connectivity index (χ1v) is 15.1. The number of anilines is 1. The molecule has 0 aliphatic carbocycles. The summed E-state index contributed by atoms with van der Waals surface area (Å²) < 4.78 is 30.7. The SMILES string of the molecule is Cc1ccc(S(=O)(=O)/N=C(\C[Si](C(C)C)(C(C)C)C(C)C)Nc2ccc(Cl)cc2)cc1. The van der Waals surface area contributed by atoms with E-state index in [0.29, 0.717) is 33.5 Å². The molecule has 0 spiro atoms. The highest BCUT2D eigenvalue weighted by atomic mass is 35.5. The van der Waals surface area contributed by atoms with Crippen LogP contribution in [-0.2, 0) is 10.0 Å². The molecule has 2 aromatic carbocycles. The van der Waals surface area contributed by atoms with Crippen molar-refractivity contribution in [1.82, 2.24) is 0 Å². The number of sulfonamides is 1. The van der Waals surface area contributed by atoms with Crippen molar-refractivity contribution in [3.05, 3.63) is 59.1 Å². The number of nitrogens with zero attached hydrogens (tertiary/aromatic N) is 1. The number of hydrogen-bond donors (Lipinski definition) is 1. The van der Waals surface area contributed by atoms with Crippen LogP contribution in [0.4, 0.5) is 5.69 Å². The highest BCUT2D eigenvalue weighted by molar-refractivity contribution is 7.90. The molecule has 0 bridgehead atoms. The summed E-state index contributed by atoms with van der Waals surface area (Å²) in [5.74, 6) is 0.505. The van der Waals surface area contributed by atoms with Gasteiger partial charge in [0.2, 0.25) is 0 Å². The zero-order valence-electron chi connectivity index (χ0n) is 19.6. The molecule has 0 aromatic heterocycles. The van der Waals surface area contributed by atoms with Crippen molar-refractivity contribution in [3.63, 3.8) is 0 Å². The van der Waals surface area contributed by atoms with Crippen LogP contribution in [0.1, 0.15) is 47.1 Å². The van der Waals surface area contributed by atoms with Gasteiger partial charge in [0.1, 0.15) is 5.84 Å². The van der Waals surface area contributed by atoms with Gasteiger partial charge in [-0.2, -0.15) is 8.42 Å². The summed E-state index contributed by atoms with van der Waals surface area (Å²) in [6.07, 6.45) is 0. The van der Waals surface area contributed by atoms with Gasteiger partial charge in [0.15, 0.2) is 0 Å². The highest BCUT2D eigenvalue weighted by Crippen LogP contribution is 2.44. The Bertz CT molecular complexity index is 977. The fraction of sp³-hybridized carbons (Fsp3) is 0.458. The van der Waals surface area contributed by atoms with Gasteiger partial charge >= 0.3 is 0 Å². The van der Waals surface area contributed by atoms with E-state index in [-0.39, 0.29) is 4.90 Å². The number of hydrogen-bond acceptors (Lipinski definition) is 2. The summed E-state index contributed by atoms with van der Waals surface area (Å²) in [5.41, 5.74) is 3.22. The van der Waals surface area contributed by atoms with Crippen molar-refractivity contribution in [2.75, 3.05) is 5.32 Å². The molecule has 2 aromatic rings. The fourth-order valence-corrected chi connectivity index (χ4v) is 11.8. The van der Waals surface area contributed by atoms with E-state index >= 15 is 0 Å². The zero-order chi connectivity index (χ0) is 23.4. The summed E-state index contributed by atoms with van der Waals surface area (Å²) in [5, 5.41) is 3.94. The van der Waals surface area contributed by atoms with Gasteiger partial charge in [-0.1, -0.05) is 87.5 Å².